The van der Waals surface area contributed by atoms with Gasteiger partial charge in [0, 0.05) is 6.04 Å². The number of rotatable bonds is 5. The van der Waals surface area contributed by atoms with Gasteiger partial charge in [0.1, 0.15) is 0 Å². The minimum Gasteiger partial charge on any atom is -0.390 e. The van der Waals surface area contributed by atoms with Gasteiger partial charge in [-0.25, -0.2) is 0 Å². The standard InChI is InChI=1S/C9H21NO/c1-8(2)10-7-5-6-9(3,4)11/h8,10-11H,5-7H2,1-4H3. The Morgan fingerprint density at radius 1 is 1.36 bits per heavy atom. The largest absolute Gasteiger partial charge is 0.390 e. The molecule has 11 heavy (non-hydrogen) atoms. The van der Waals surface area contributed by atoms with E-state index in [1.54, 1.807) is 0 Å². The van der Waals surface area contributed by atoms with E-state index in [1.807, 2.05) is 13.8 Å². The molecule has 0 fully saturated rings. The normalized spacial score (nSPS) is 12.5. The van der Waals surface area contributed by atoms with Crippen LogP contribution < -0.4 is 5.32 Å². The van der Waals surface area contributed by atoms with Crippen LogP contribution in [0.1, 0.15) is 40.5 Å². The van der Waals surface area contributed by atoms with Crippen LogP contribution in [-0.4, -0.2) is 23.3 Å². The van der Waals surface area contributed by atoms with Crippen LogP contribution in [0.25, 0.3) is 0 Å². The summed E-state index contributed by atoms with van der Waals surface area (Å²) < 4.78 is 0. The lowest BCUT2D eigenvalue weighted by molar-refractivity contribution is 0.0687. The average Bonchev–Trinajstić information content (AvgIpc) is 1.78. The van der Waals surface area contributed by atoms with Gasteiger partial charge >= 0.3 is 0 Å². The highest BCUT2D eigenvalue weighted by molar-refractivity contribution is 4.65. The van der Waals surface area contributed by atoms with Gasteiger partial charge in [0.2, 0.25) is 0 Å². The Morgan fingerprint density at radius 2 is 1.91 bits per heavy atom. The summed E-state index contributed by atoms with van der Waals surface area (Å²) in [7, 11) is 0. The molecule has 0 saturated heterocycles. The van der Waals surface area contributed by atoms with E-state index in [0.717, 1.165) is 19.4 Å². The summed E-state index contributed by atoms with van der Waals surface area (Å²) in [6.45, 7) is 8.96. The SMILES string of the molecule is CC(C)NCCCC(C)(C)O. The third-order valence-corrected chi connectivity index (χ3v) is 1.52. The first-order chi connectivity index (χ1) is 4.92. The van der Waals surface area contributed by atoms with E-state index < -0.39 is 5.60 Å². The maximum atomic E-state index is 9.36. The number of nitrogens with one attached hydrogen (secondary N) is 1. The topological polar surface area (TPSA) is 32.3 Å². The highest BCUT2D eigenvalue weighted by Crippen LogP contribution is 2.08. The molecule has 0 amide bonds. The van der Waals surface area contributed by atoms with E-state index in [0.29, 0.717) is 6.04 Å². The molecule has 0 radical (unpaired) electrons. The summed E-state index contributed by atoms with van der Waals surface area (Å²) >= 11 is 0. The molecule has 2 heteroatoms. The number of hydrogen-bond donors (Lipinski definition) is 2. The Bertz CT molecular complexity index is 94.2. The molecule has 0 aliphatic rings. The quantitative estimate of drug-likeness (QED) is 0.596. The molecule has 2 nitrogen and oxygen atoms in total. The maximum absolute atomic E-state index is 9.36. The molecule has 0 aromatic rings. The van der Waals surface area contributed by atoms with Crippen molar-refractivity contribution in [3.05, 3.63) is 0 Å². The van der Waals surface area contributed by atoms with E-state index in [2.05, 4.69) is 19.2 Å². The smallest absolute Gasteiger partial charge is 0.0592 e. The second kappa shape index (κ2) is 4.73. The maximum Gasteiger partial charge on any atom is 0.0592 e. The Hall–Kier alpha value is -0.0800. The lowest BCUT2D eigenvalue weighted by Crippen LogP contribution is -2.26. The zero-order valence-corrected chi connectivity index (χ0v) is 8.15. The zero-order valence-electron chi connectivity index (χ0n) is 8.15. The van der Waals surface area contributed by atoms with Crippen LogP contribution in [0.4, 0.5) is 0 Å². The van der Waals surface area contributed by atoms with E-state index in [4.69, 9.17) is 0 Å². The van der Waals surface area contributed by atoms with Gasteiger partial charge in [-0.2, -0.15) is 0 Å². The molecular formula is C9H21NO. The molecule has 0 atom stereocenters. The second-order valence-electron chi connectivity index (χ2n) is 4.02. The van der Waals surface area contributed by atoms with Crippen LogP contribution in [-0.2, 0) is 0 Å². The minimum atomic E-state index is -0.501. The van der Waals surface area contributed by atoms with Gasteiger partial charge < -0.3 is 10.4 Å². The lowest BCUT2D eigenvalue weighted by Gasteiger charge is -2.17. The van der Waals surface area contributed by atoms with Crippen molar-refractivity contribution < 1.29 is 5.11 Å². The molecule has 2 N–H and O–H groups in total. The molecule has 0 aliphatic carbocycles. The van der Waals surface area contributed by atoms with Crippen molar-refractivity contribution in [2.75, 3.05) is 6.54 Å². The van der Waals surface area contributed by atoms with Crippen LogP contribution in [0.2, 0.25) is 0 Å². The highest BCUT2D eigenvalue weighted by atomic mass is 16.3. The van der Waals surface area contributed by atoms with Crippen molar-refractivity contribution in [3.63, 3.8) is 0 Å². The number of hydrogen-bond acceptors (Lipinski definition) is 2. The van der Waals surface area contributed by atoms with Crippen molar-refractivity contribution in [2.24, 2.45) is 0 Å². The van der Waals surface area contributed by atoms with Crippen LogP contribution in [0, 0.1) is 0 Å². The summed E-state index contributed by atoms with van der Waals surface area (Å²) in [6, 6.07) is 0.553. The van der Waals surface area contributed by atoms with E-state index in [1.165, 1.54) is 0 Å². The molecule has 0 heterocycles. The molecule has 0 aromatic heterocycles. The van der Waals surface area contributed by atoms with Gasteiger partial charge in [-0.3, -0.25) is 0 Å². The van der Waals surface area contributed by atoms with Crippen LogP contribution in [0.15, 0.2) is 0 Å². The Balaban J connectivity index is 3.15. The van der Waals surface area contributed by atoms with Crippen molar-refractivity contribution in [1.82, 2.24) is 5.32 Å². The Kier molecular flexibility index (Phi) is 4.69. The van der Waals surface area contributed by atoms with Crippen molar-refractivity contribution in [3.8, 4) is 0 Å². The summed E-state index contributed by atoms with van der Waals surface area (Å²) in [5.41, 5.74) is -0.501. The fraction of sp³-hybridized carbons (Fsp3) is 1.00. The second-order valence-corrected chi connectivity index (χ2v) is 4.02. The van der Waals surface area contributed by atoms with Gasteiger partial charge in [-0.15, -0.1) is 0 Å². The van der Waals surface area contributed by atoms with Gasteiger partial charge in [0.15, 0.2) is 0 Å². The summed E-state index contributed by atoms with van der Waals surface area (Å²) in [6.07, 6.45) is 1.91. The molecular weight excluding hydrogens is 138 g/mol. The molecule has 0 unspecified atom stereocenters. The first-order valence-corrected chi connectivity index (χ1v) is 4.37. The van der Waals surface area contributed by atoms with Crippen LogP contribution in [0.5, 0.6) is 0 Å². The van der Waals surface area contributed by atoms with Crippen LogP contribution in [0.3, 0.4) is 0 Å². The predicted octanol–water partition coefficient (Wildman–Crippen LogP) is 1.54. The van der Waals surface area contributed by atoms with E-state index >= 15 is 0 Å². The molecule has 68 valence electrons. The fourth-order valence-corrected chi connectivity index (χ4v) is 0.912. The molecule has 0 rings (SSSR count). The molecule has 0 bridgehead atoms. The average molecular weight is 159 g/mol. The van der Waals surface area contributed by atoms with Gasteiger partial charge in [-0.05, 0) is 33.2 Å². The third-order valence-electron chi connectivity index (χ3n) is 1.52. The molecule has 0 aromatic carbocycles. The lowest BCUT2D eigenvalue weighted by atomic mass is 10.0. The number of aliphatic hydroxyl groups is 1. The molecule has 0 spiro atoms. The zero-order chi connectivity index (χ0) is 8.91. The highest BCUT2D eigenvalue weighted by Gasteiger charge is 2.10. The van der Waals surface area contributed by atoms with E-state index in [-0.39, 0.29) is 0 Å². The third kappa shape index (κ3) is 9.92. The van der Waals surface area contributed by atoms with Gasteiger partial charge in [-0.1, -0.05) is 13.8 Å². The fourth-order valence-electron chi connectivity index (χ4n) is 0.912. The monoisotopic (exact) mass is 159 g/mol. The Labute approximate surface area is 70.0 Å². The Morgan fingerprint density at radius 3 is 2.27 bits per heavy atom. The molecule has 0 saturated carbocycles. The molecule has 0 aliphatic heterocycles. The van der Waals surface area contributed by atoms with Crippen molar-refractivity contribution in [2.45, 2.75) is 52.2 Å². The van der Waals surface area contributed by atoms with Crippen molar-refractivity contribution in [1.29, 1.82) is 0 Å². The summed E-state index contributed by atoms with van der Waals surface area (Å²) in [5.74, 6) is 0. The predicted molar refractivity (Wildman–Crippen MR) is 48.7 cm³/mol. The van der Waals surface area contributed by atoms with E-state index in [9.17, 15) is 5.11 Å². The van der Waals surface area contributed by atoms with Gasteiger partial charge in [0.05, 0.1) is 5.60 Å². The first-order valence-electron chi connectivity index (χ1n) is 4.37. The van der Waals surface area contributed by atoms with Crippen molar-refractivity contribution >= 4 is 0 Å². The summed E-state index contributed by atoms with van der Waals surface area (Å²) in [4.78, 5) is 0. The van der Waals surface area contributed by atoms with Crippen LogP contribution >= 0.6 is 0 Å². The minimum absolute atomic E-state index is 0.501. The first kappa shape index (κ1) is 10.9. The summed E-state index contributed by atoms with van der Waals surface area (Å²) in [5, 5.41) is 12.7. The van der Waals surface area contributed by atoms with Gasteiger partial charge in [0.25, 0.3) is 0 Å².